The zero-order valence-corrected chi connectivity index (χ0v) is 18.2. The number of ether oxygens (including phenoxy) is 2. The summed E-state index contributed by atoms with van der Waals surface area (Å²) in [6, 6.07) is 9.43. The van der Waals surface area contributed by atoms with Gasteiger partial charge in [-0.3, -0.25) is 14.5 Å². The van der Waals surface area contributed by atoms with Crippen molar-refractivity contribution >= 4 is 40.6 Å². The number of benzene rings is 2. The van der Waals surface area contributed by atoms with Gasteiger partial charge in [-0.05, 0) is 66.6 Å². The molecule has 0 bridgehead atoms. The number of thioether (sulfide) groups is 1. The lowest BCUT2D eigenvalue weighted by atomic mass is 10.1. The van der Waals surface area contributed by atoms with Crippen LogP contribution in [0.4, 0.5) is 9.18 Å². The molecule has 1 saturated heterocycles. The summed E-state index contributed by atoms with van der Waals surface area (Å²) in [7, 11) is 0. The molecule has 0 radical (unpaired) electrons. The minimum Gasteiger partial charge on any atom is -0.490 e. The second kappa shape index (κ2) is 10.00. The molecule has 2 amide bonds. The van der Waals surface area contributed by atoms with Crippen molar-refractivity contribution in [2.75, 3.05) is 13.2 Å². The van der Waals surface area contributed by atoms with Crippen LogP contribution in [0.5, 0.6) is 11.5 Å². The molecule has 158 valence electrons. The van der Waals surface area contributed by atoms with Crippen LogP contribution in [0, 0.1) is 5.82 Å². The van der Waals surface area contributed by atoms with E-state index in [9.17, 15) is 14.0 Å². The van der Waals surface area contributed by atoms with Crippen LogP contribution < -0.4 is 9.47 Å². The van der Waals surface area contributed by atoms with Gasteiger partial charge in [0, 0.05) is 6.54 Å². The van der Waals surface area contributed by atoms with Gasteiger partial charge in [-0.15, -0.1) is 0 Å². The Labute approximate surface area is 183 Å². The third-order valence-electron chi connectivity index (χ3n) is 4.22. The number of hydrogen-bond acceptors (Lipinski definition) is 5. The number of nitrogens with zero attached hydrogens (tertiary/aromatic N) is 1. The van der Waals surface area contributed by atoms with Crippen LogP contribution in [0.25, 0.3) is 6.08 Å². The van der Waals surface area contributed by atoms with Gasteiger partial charge in [0.2, 0.25) is 0 Å². The normalized spacial score (nSPS) is 15.2. The first kappa shape index (κ1) is 22.2. The predicted octanol–water partition coefficient (Wildman–Crippen LogP) is 5.90. The largest absolute Gasteiger partial charge is 0.490 e. The van der Waals surface area contributed by atoms with Gasteiger partial charge in [-0.2, -0.15) is 0 Å². The number of carbonyl (C=O) groups excluding carboxylic acids is 2. The molecule has 0 aliphatic carbocycles. The minimum atomic E-state index is -0.348. The average Bonchev–Trinajstić information content (AvgIpc) is 2.95. The van der Waals surface area contributed by atoms with Crippen molar-refractivity contribution in [2.45, 2.75) is 26.9 Å². The van der Waals surface area contributed by atoms with E-state index in [-0.39, 0.29) is 28.6 Å². The summed E-state index contributed by atoms with van der Waals surface area (Å²) in [5.41, 5.74) is 1.27. The molecule has 0 aromatic heterocycles. The van der Waals surface area contributed by atoms with E-state index in [0.29, 0.717) is 47.1 Å². The maximum Gasteiger partial charge on any atom is 0.293 e. The van der Waals surface area contributed by atoms with Gasteiger partial charge < -0.3 is 9.47 Å². The van der Waals surface area contributed by atoms with Crippen molar-refractivity contribution in [1.29, 1.82) is 0 Å². The van der Waals surface area contributed by atoms with Crippen molar-refractivity contribution in [2.24, 2.45) is 0 Å². The Kier molecular flexibility index (Phi) is 7.39. The van der Waals surface area contributed by atoms with Crippen molar-refractivity contribution in [3.8, 4) is 11.5 Å². The number of carbonyl (C=O) groups is 2. The second-order valence-corrected chi connectivity index (χ2v) is 7.92. The lowest BCUT2D eigenvalue weighted by Gasteiger charge is -2.15. The van der Waals surface area contributed by atoms with Crippen molar-refractivity contribution in [3.63, 3.8) is 0 Å². The van der Waals surface area contributed by atoms with E-state index >= 15 is 0 Å². The highest BCUT2D eigenvalue weighted by molar-refractivity contribution is 8.18. The van der Waals surface area contributed by atoms with E-state index in [0.717, 1.165) is 11.8 Å². The van der Waals surface area contributed by atoms with E-state index in [1.54, 1.807) is 30.3 Å². The van der Waals surface area contributed by atoms with E-state index in [1.165, 1.54) is 17.0 Å². The fourth-order valence-corrected chi connectivity index (χ4v) is 4.06. The highest BCUT2D eigenvalue weighted by atomic mass is 35.5. The zero-order chi connectivity index (χ0) is 21.7. The Hall–Kier alpha value is -2.51. The van der Waals surface area contributed by atoms with Crippen LogP contribution >= 0.6 is 23.4 Å². The zero-order valence-electron chi connectivity index (χ0n) is 16.6. The fourth-order valence-electron chi connectivity index (χ4n) is 2.92. The maximum atomic E-state index is 13.4. The Bertz CT molecular complexity index is 995. The Balaban J connectivity index is 1.86. The summed E-state index contributed by atoms with van der Waals surface area (Å²) >= 11 is 7.32. The number of halogens is 2. The predicted molar refractivity (Wildman–Crippen MR) is 116 cm³/mol. The first-order chi connectivity index (χ1) is 14.4. The van der Waals surface area contributed by atoms with Crippen LogP contribution in [0.3, 0.4) is 0 Å². The van der Waals surface area contributed by atoms with Gasteiger partial charge in [0.15, 0.2) is 11.5 Å². The van der Waals surface area contributed by atoms with Gasteiger partial charge in [-0.1, -0.05) is 30.7 Å². The smallest absolute Gasteiger partial charge is 0.293 e. The van der Waals surface area contributed by atoms with Crippen molar-refractivity contribution < 1.29 is 23.5 Å². The van der Waals surface area contributed by atoms with E-state index < -0.39 is 0 Å². The molecule has 0 N–H and O–H groups in total. The van der Waals surface area contributed by atoms with E-state index in [1.807, 2.05) is 13.8 Å². The molecular weight excluding hydrogens is 429 g/mol. The Morgan fingerprint density at radius 2 is 1.97 bits per heavy atom. The lowest BCUT2D eigenvalue weighted by Crippen LogP contribution is -2.28. The summed E-state index contributed by atoms with van der Waals surface area (Å²) in [6.45, 7) is 4.62. The molecule has 5 nitrogen and oxygen atoms in total. The molecule has 3 rings (SSSR count). The topological polar surface area (TPSA) is 55.8 Å². The monoisotopic (exact) mass is 449 g/mol. The standard InChI is InChI=1S/C22H21ClFNO4S/c1-3-8-25-21(26)19(30-22(25)27)12-15-10-17(23)20(18(11-15)28-4-2)29-13-14-6-5-7-16(24)9-14/h5-7,9-12H,3-4,8,13H2,1-2H3/b19-12+. The first-order valence-electron chi connectivity index (χ1n) is 9.51. The van der Waals surface area contributed by atoms with Crippen LogP contribution in [0.2, 0.25) is 5.02 Å². The van der Waals surface area contributed by atoms with Crippen LogP contribution in [0.1, 0.15) is 31.4 Å². The third-order valence-corrected chi connectivity index (χ3v) is 5.41. The van der Waals surface area contributed by atoms with Gasteiger partial charge in [0.05, 0.1) is 16.5 Å². The molecule has 0 saturated carbocycles. The molecule has 1 aliphatic rings. The summed E-state index contributed by atoms with van der Waals surface area (Å²) in [6.07, 6.45) is 2.31. The second-order valence-electron chi connectivity index (χ2n) is 6.51. The molecule has 30 heavy (non-hydrogen) atoms. The molecule has 1 heterocycles. The summed E-state index contributed by atoms with van der Waals surface area (Å²) in [5.74, 6) is 0.0754. The molecule has 2 aromatic rings. The summed E-state index contributed by atoms with van der Waals surface area (Å²) in [4.78, 5) is 26.1. The molecule has 1 aliphatic heterocycles. The lowest BCUT2D eigenvalue weighted by molar-refractivity contribution is -0.122. The quantitative estimate of drug-likeness (QED) is 0.469. The number of imide groups is 1. The molecule has 2 aromatic carbocycles. The van der Waals surface area contributed by atoms with Gasteiger partial charge in [0.25, 0.3) is 11.1 Å². The molecule has 1 fully saturated rings. The maximum absolute atomic E-state index is 13.4. The highest BCUT2D eigenvalue weighted by Crippen LogP contribution is 2.39. The summed E-state index contributed by atoms with van der Waals surface area (Å²) < 4.78 is 24.8. The molecule has 0 unspecified atom stereocenters. The summed E-state index contributed by atoms with van der Waals surface area (Å²) in [5, 5.41) is 0.00988. The number of rotatable bonds is 8. The molecule has 0 atom stereocenters. The first-order valence-corrected chi connectivity index (χ1v) is 10.7. The van der Waals surface area contributed by atoms with Crippen molar-refractivity contribution in [3.05, 3.63) is 63.3 Å². The van der Waals surface area contributed by atoms with Crippen LogP contribution in [-0.4, -0.2) is 29.2 Å². The van der Waals surface area contributed by atoms with E-state index in [2.05, 4.69) is 0 Å². The Morgan fingerprint density at radius 1 is 1.17 bits per heavy atom. The Morgan fingerprint density at radius 3 is 2.67 bits per heavy atom. The number of hydrogen-bond donors (Lipinski definition) is 0. The van der Waals surface area contributed by atoms with Crippen LogP contribution in [0.15, 0.2) is 41.3 Å². The van der Waals surface area contributed by atoms with Crippen LogP contribution in [-0.2, 0) is 11.4 Å². The number of amides is 2. The fraction of sp³-hybridized carbons (Fsp3) is 0.273. The van der Waals surface area contributed by atoms with E-state index in [4.69, 9.17) is 21.1 Å². The van der Waals surface area contributed by atoms with Crippen molar-refractivity contribution in [1.82, 2.24) is 4.90 Å². The highest BCUT2D eigenvalue weighted by Gasteiger charge is 2.34. The molecular formula is C22H21ClFNO4S. The molecule has 0 spiro atoms. The minimum absolute atomic E-state index is 0.118. The third kappa shape index (κ3) is 5.15. The van der Waals surface area contributed by atoms with Gasteiger partial charge in [-0.25, -0.2) is 4.39 Å². The SMILES string of the molecule is CCCN1C(=O)S/C(=C/c2cc(Cl)c(OCc3cccc(F)c3)c(OCC)c2)C1=O. The van der Waals surface area contributed by atoms with Gasteiger partial charge >= 0.3 is 0 Å². The van der Waals surface area contributed by atoms with Gasteiger partial charge in [0.1, 0.15) is 12.4 Å². The average molecular weight is 450 g/mol. The molecule has 8 heteroatoms.